The first-order chi connectivity index (χ1) is 12.0. The van der Waals surface area contributed by atoms with Crippen LogP contribution in [0.25, 0.3) is 11.2 Å². The van der Waals surface area contributed by atoms with Crippen LogP contribution >= 0.6 is 0 Å². The number of anilines is 1. The first-order valence-corrected chi connectivity index (χ1v) is 14.7. The van der Waals surface area contributed by atoms with E-state index in [0.29, 0.717) is 5.65 Å². The molecule has 0 aromatic carbocycles. The van der Waals surface area contributed by atoms with Crippen LogP contribution in [0.4, 0.5) is 5.95 Å². The van der Waals surface area contributed by atoms with Crippen molar-refractivity contribution in [2.75, 3.05) is 12.3 Å². The van der Waals surface area contributed by atoms with Crippen LogP contribution in [0.15, 0.2) is 11.1 Å². The Bertz CT molecular complexity index is 850. The molecule has 0 saturated carbocycles. The minimum absolute atomic E-state index is 0.00623. The van der Waals surface area contributed by atoms with Crippen LogP contribution in [-0.2, 0) is 10.9 Å². The second-order valence-electron chi connectivity index (χ2n) is 6.31. The first kappa shape index (κ1) is 17.2. The summed E-state index contributed by atoms with van der Waals surface area (Å²) in [4.78, 5) is 22.7. The molecule has 25 heavy (non-hydrogen) atoms. The third-order valence-corrected chi connectivity index (χ3v) is 15.1. The summed E-state index contributed by atoms with van der Waals surface area (Å²) in [5.74, 6) is 0.00623. The maximum atomic E-state index is 12.0. The van der Waals surface area contributed by atoms with Gasteiger partial charge in [0.1, 0.15) is 0 Å². The number of nitrogen functional groups attached to an aromatic ring is 1. The number of nitrogens with zero attached hydrogens (tertiary/aromatic N) is 3. The predicted molar refractivity (Wildman–Crippen MR) is 90.0 cm³/mol. The van der Waals surface area contributed by atoms with Crippen LogP contribution in [-0.4, -0.2) is 68.7 Å². The fourth-order valence-electron chi connectivity index (χ4n) is 3.58. The summed E-state index contributed by atoms with van der Waals surface area (Å²) in [6, 6.07) is 0. The van der Waals surface area contributed by atoms with E-state index in [4.69, 9.17) is 16.6 Å². The Kier molecular flexibility index (Phi) is 4.27. The summed E-state index contributed by atoms with van der Waals surface area (Å²) in [5.41, 5.74) is 5.76. The molecule has 2 aliphatic rings. The number of H-pyrrole nitrogens is 1. The molecule has 0 radical (unpaired) electrons. The topological polar surface area (TPSA) is 138 Å². The van der Waals surface area contributed by atoms with Gasteiger partial charge in [-0.2, -0.15) is 0 Å². The summed E-state index contributed by atoms with van der Waals surface area (Å²) < 4.78 is 22.1. The third kappa shape index (κ3) is 2.58. The van der Waals surface area contributed by atoms with Gasteiger partial charge in [0.25, 0.3) is 0 Å². The summed E-state index contributed by atoms with van der Waals surface area (Å²) in [5, 5.41) is 9.69. The van der Waals surface area contributed by atoms with Crippen LogP contribution in [0.2, 0.25) is 8.87 Å². The van der Waals surface area contributed by atoms with E-state index in [2.05, 4.69) is 28.8 Å². The molecule has 2 saturated heterocycles. The predicted octanol–water partition coefficient (Wildman–Crippen LogP) is -0.142. The SMILES string of the molecule is C[CH2][Sn]1([CH2]C)[O]C2C(CO)OC(n3cnc4c(=O)[nH]c(N)nc43)C2[O]1. The molecule has 0 spiro atoms. The zero-order chi connectivity index (χ0) is 17.8. The van der Waals surface area contributed by atoms with Crippen LogP contribution < -0.4 is 11.3 Å². The number of aliphatic hydroxyl groups excluding tert-OH is 1. The average molecular weight is 458 g/mol. The molecule has 136 valence electrons. The number of nitrogens with one attached hydrogen (secondary N) is 1. The number of hydrogen-bond acceptors (Lipinski definition) is 8. The summed E-state index contributed by atoms with van der Waals surface area (Å²) in [7, 11) is 0. The normalized spacial score (nSPS) is 30.8. The number of aromatic amines is 1. The number of ether oxygens (including phenoxy) is 1. The second-order valence-corrected chi connectivity index (χ2v) is 16.9. The number of aliphatic hydroxyl groups is 1. The number of rotatable bonds is 4. The second kappa shape index (κ2) is 6.20. The molecule has 0 bridgehead atoms. The Hall–Kier alpha value is -1.21. The molecule has 2 aliphatic heterocycles. The molecule has 2 aromatic heterocycles. The molecule has 2 fully saturated rings. The average Bonchev–Trinajstić information content (AvgIpc) is 3.26. The van der Waals surface area contributed by atoms with Crippen molar-refractivity contribution in [3.63, 3.8) is 0 Å². The summed E-state index contributed by atoms with van der Waals surface area (Å²) in [6.45, 7) is 4.00. The van der Waals surface area contributed by atoms with Gasteiger partial charge in [-0.05, 0) is 0 Å². The third-order valence-electron chi connectivity index (χ3n) is 4.97. The maximum absolute atomic E-state index is 12.0. The molecule has 4 atom stereocenters. The van der Waals surface area contributed by atoms with Gasteiger partial charge in [-0.3, -0.25) is 0 Å². The molecule has 11 heteroatoms. The molecule has 0 amide bonds. The number of fused-ring (bicyclic) bond motifs is 2. The van der Waals surface area contributed by atoms with E-state index in [1.54, 1.807) is 4.57 Å². The Balaban J connectivity index is 1.77. The van der Waals surface area contributed by atoms with Crippen molar-refractivity contribution in [1.82, 2.24) is 19.5 Å². The van der Waals surface area contributed by atoms with Gasteiger partial charge in [-0.1, -0.05) is 0 Å². The van der Waals surface area contributed by atoms with Crippen molar-refractivity contribution in [2.24, 2.45) is 0 Å². The number of hydrogen-bond donors (Lipinski definition) is 3. The molecule has 4 unspecified atom stereocenters. The van der Waals surface area contributed by atoms with Crippen LogP contribution in [0.3, 0.4) is 0 Å². The van der Waals surface area contributed by atoms with E-state index in [9.17, 15) is 9.90 Å². The zero-order valence-electron chi connectivity index (χ0n) is 14.0. The van der Waals surface area contributed by atoms with Gasteiger partial charge in [0.05, 0.1) is 0 Å². The molecule has 2 aromatic rings. The zero-order valence-corrected chi connectivity index (χ0v) is 16.9. The molecule has 10 nitrogen and oxygen atoms in total. The van der Waals surface area contributed by atoms with E-state index in [-0.39, 0.29) is 30.3 Å². The molecular weight excluding hydrogens is 437 g/mol. The molecular formula is C14H21N5O5Sn. The molecule has 4 N–H and O–H groups in total. The van der Waals surface area contributed by atoms with Gasteiger partial charge in [-0.25, -0.2) is 0 Å². The monoisotopic (exact) mass is 459 g/mol. The number of imidazole rings is 1. The Labute approximate surface area is 148 Å². The van der Waals surface area contributed by atoms with E-state index in [1.807, 2.05) is 0 Å². The van der Waals surface area contributed by atoms with Crippen LogP contribution in [0.1, 0.15) is 20.1 Å². The van der Waals surface area contributed by atoms with E-state index in [0.717, 1.165) is 8.87 Å². The van der Waals surface area contributed by atoms with Crippen molar-refractivity contribution in [3.8, 4) is 0 Å². The van der Waals surface area contributed by atoms with Gasteiger partial charge in [0.15, 0.2) is 0 Å². The van der Waals surface area contributed by atoms with Gasteiger partial charge in [-0.15, -0.1) is 0 Å². The van der Waals surface area contributed by atoms with E-state index < -0.39 is 37.1 Å². The van der Waals surface area contributed by atoms with Crippen molar-refractivity contribution in [1.29, 1.82) is 0 Å². The van der Waals surface area contributed by atoms with Crippen molar-refractivity contribution in [2.45, 2.75) is 47.3 Å². The van der Waals surface area contributed by atoms with Crippen LogP contribution in [0, 0.1) is 0 Å². The standard InChI is InChI=1S/C10H11N5O5.2C2H5.Sn/c11-10-13-7-4(8(19)14-10)12-2-15(7)9-6(18)5(17)3(1-16)20-9;2*1-2;/h2-3,5-6,9,16H,1H2,(H3,11,13,14,19);2*1H2,2H3;/q-2;;;+2. The summed E-state index contributed by atoms with van der Waals surface area (Å²) in [6.07, 6.45) is -0.235. The minimum atomic E-state index is -3.14. The van der Waals surface area contributed by atoms with Gasteiger partial charge in [0, 0.05) is 0 Å². The van der Waals surface area contributed by atoms with Crippen molar-refractivity contribution >= 4 is 36.3 Å². The number of aromatic nitrogens is 4. The van der Waals surface area contributed by atoms with Crippen LogP contribution in [0.5, 0.6) is 0 Å². The molecule has 4 heterocycles. The van der Waals surface area contributed by atoms with Crippen molar-refractivity contribution < 1.29 is 16.0 Å². The molecule has 4 rings (SSSR count). The van der Waals surface area contributed by atoms with E-state index in [1.165, 1.54) is 6.33 Å². The molecule has 0 aliphatic carbocycles. The van der Waals surface area contributed by atoms with Gasteiger partial charge in [0.2, 0.25) is 0 Å². The Morgan fingerprint density at radius 2 is 2.08 bits per heavy atom. The first-order valence-electron chi connectivity index (χ1n) is 8.36. The Morgan fingerprint density at radius 1 is 1.36 bits per heavy atom. The Morgan fingerprint density at radius 3 is 2.76 bits per heavy atom. The number of nitrogens with two attached hydrogens (primary N) is 1. The fraction of sp³-hybridized carbons (Fsp3) is 0.643. The van der Waals surface area contributed by atoms with Gasteiger partial charge < -0.3 is 0 Å². The fourth-order valence-corrected chi connectivity index (χ4v) is 11.4. The van der Waals surface area contributed by atoms with Crippen molar-refractivity contribution in [3.05, 3.63) is 16.7 Å². The quantitative estimate of drug-likeness (QED) is 0.539. The summed E-state index contributed by atoms with van der Waals surface area (Å²) >= 11 is -3.14. The van der Waals surface area contributed by atoms with Gasteiger partial charge >= 0.3 is 148 Å². The van der Waals surface area contributed by atoms with E-state index >= 15 is 0 Å².